The lowest BCUT2D eigenvalue weighted by molar-refractivity contribution is -0.123. The molecule has 2 N–H and O–H groups in total. The maximum absolute atomic E-state index is 11.8. The predicted octanol–water partition coefficient (Wildman–Crippen LogP) is 0.686. The van der Waals surface area contributed by atoms with Gasteiger partial charge in [0.25, 0.3) is 0 Å². The van der Waals surface area contributed by atoms with Crippen LogP contribution >= 0.6 is 0 Å². The maximum atomic E-state index is 11.8. The molecule has 0 aromatic heterocycles. The molecular formula is C14H26N2O3. The number of nitrogens with one attached hydrogen (secondary N) is 2. The summed E-state index contributed by atoms with van der Waals surface area (Å²) < 4.78 is 11.0. The number of carbonyl (C=O) groups excluding carboxylic acids is 1. The zero-order valence-electron chi connectivity index (χ0n) is 11.8. The van der Waals surface area contributed by atoms with Gasteiger partial charge in [-0.2, -0.15) is 0 Å². The minimum Gasteiger partial charge on any atom is -0.378 e. The van der Waals surface area contributed by atoms with Crippen molar-refractivity contribution in [1.82, 2.24) is 10.6 Å². The van der Waals surface area contributed by atoms with Crippen molar-refractivity contribution in [2.45, 2.75) is 44.8 Å². The summed E-state index contributed by atoms with van der Waals surface area (Å²) in [7, 11) is 0. The molecule has 3 unspecified atom stereocenters. The summed E-state index contributed by atoms with van der Waals surface area (Å²) in [5, 5.41) is 6.40. The van der Waals surface area contributed by atoms with E-state index >= 15 is 0 Å². The van der Waals surface area contributed by atoms with Gasteiger partial charge in [0.05, 0.1) is 19.3 Å². The van der Waals surface area contributed by atoms with Crippen LogP contribution in [0.4, 0.5) is 0 Å². The van der Waals surface area contributed by atoms with Crippen LogP contribution in [0.5, 0.6) is 0 Å². The first kappa shape index (κ1) is 14.8. The van der Waals surface area contributed by atoms with Gasteiger partial charge >= 0.3 is 0 Å². The van der Waals surface area contributed by atoms with Gasteiger partial charge in [-0.3, -0.25) is 4.79 Å². The van der Waals surface area contributed by atoms with E-state index in [0.29, 0.717) is 25.6 Å². The molecule has 19 heavy (non-hydrogen) atoms. The third-order valence-electron chi connectivity index (χ3n) is 3.98. The molecule has 3 atom stereocenters. The Balaban J connectivity index is 1.53. The standard InChI is InChI=1S/C14H26N2O3/c1-11-4-6-15-9-13(11)16-14(17)5-8-18-10-12-3-2-7-19-12/h11-13,15H,2-10H2,1H3,(H,16,17). The molecular weight excluding hydrogens is 244 g/mol. The maximum Gasteiger partial charge on any atom is 0.222 e. The Morgan fingerprint density at radius 3 is 3.11 bits per heavy atom. The highest BCUT2D eigenvalue weighted by Gasteiger charge is 2.22. The number of piperidine rings is 1. The summed E-state index contributed by atoms with van der Waals surface area (Å²) in [4.78, 5) is 11.8. The average Bonchev–Trinajstić information content (AvgIpc) is 2.91. The Hall–Kier alpha value is -0.650. The van der Waals surface area contributed by atoms with Crippen LogP contribution in [-0.2, 0) is 14.3 Å². The van der Waals surface area contributed by atoms with Crippen molar-refractivity contribution in [1.29, 1.82) is 0 Å². The molecule has 0 aliphatic carbocycles. The van der Waals surface area contributed by atoms with Crippen molar-refractivity contribution in [2.24, 2.45) is 5.92 Å². The fourth-order valence-electron chi connectivity index (χ4n) is 2.62. The SMILES string of the molecule is CC1CCNCC1NC(=O)CCOCC1CCCO1. The molecule has 1 amide bonds. The average molecular weight is 270 g/mol. The fraction of sp³-hybridized carbons (Fsp3) is 0.929. The van der Waals surface area contributed by atoms with E-state index in [2.05, 4.69) is 17.6 Å². The van der Waals surface area contributed by atoms with Gasteiger partial charge < -0.3 is 20.1 Å². The quantitative estimate of drug-likeness (QED) is 0.697. The summed E-state index contributed by atoms with van der Waals surface area (Å²) in [6, 6.07) is 0.263. The summed E-state index contributed by atoms with van der Waals surface area (Å²) >= 11 is 0. The number of carbonyl (C=O) groups is 1. The molecule has 110 valence electrons. The smallest absolute Gasteiger partial charge is 0.222 e. The zero-order valence-corrected chi connectivity index (χ0v) is 11.8. The van der Waals surface area contributed by atoms with E-state index < -0.39 is 0 Å². The monoisotopic (exact) mass is 270 g/mol. The van der Waals surface area contributed by atoms with Crippen molar-refractivity contribution in [2.75, 3.05) is 32.9 Å². The molecule has 2 saturated heterocycles. The van der Waals surface area contributed by atoms with E-state index in [1.807, 2.05) is 0 Å². The minimum absolute atomic E-state index is 0.0906. The van der Waals surface area contributed by atoms with E-state index in [0.717, 1.165) is 39.0 Å². The van der Waals surface area contributed by atoms with Gasteiger partial charge in [0, 0.05) is 25.6 Å². The molecule has 2 fully saturated rings. The van der Waals surface area contributed by atoms with E-state index in [1.165, 1.54) is 0 Å². The highest BCUT2D eigenvalue weighted by molar-refractivity contribution is 5.76. The first-order valence-corrected chi connectivity index (χ1v) is 7.45. The third-order valence-corrected chi connectivity index (χ3v) is 3.98. The van der Waals surface area contributed by atoms with Crippen molar-refractivity contribution in [3.8, 4) is 0 Å². The van der Waals surface area contributed by atoms with Crippen LogP contribution in [0.25, 0.3) is 0 Å². The first-order chi connectivity index (χ1) is 9.25. The van der Waals surface area contributed by atoms with Crippen LogP contribution in [0.2, 0.25) is 0 Å². The molecule has 5 heteroatoms. The topological polar surface area (TPSA) is 59.6 Å². The number of ether oxygens (including phenoxy) is 2. The van der Waals surface area contributed by atoms with E-state index in [9.17, 15) is 4.79 Å². The van der Waals surface area contributed by atoms with E-state index in [1.54, 1.807) is 0 Å². The molecule has 0 aromatic carbocycles. The summed E-state index contributed by atoms with van der Waals surface area (Å²) in [6.45, 7) is 6.08. The number of rotatable bonds is 6. The molecule has 2 aliphatic heterocycles. The van der Waals surface area contributed by atoms with Crippen LogP contribution in [0, 0.1) is 5.92 Å². The van der Waals surface area contributed by atoms with Gasteiger partial charge in [-0.05, 0) is 31.7 Å². The van der Waals surface area contributed by atoms with Gasteiger partial charge in [-0.15, -0.1) is 0 Å². The Kier molecular flexibility index (Phi) is 6.07. The third kappa shape index (κ3) is 5.09. The van der Waals surface area contributed by atoms with E-state index in [4.69, 9.17) is 9.47 Å². The molecule has 0 bridgehead atoms. The van der Waals surface area contributed by atoms with Crippen molar-refractivity contribution in [3.63, 3.8) is 0 Å². The lowest BCUT2D eigenvalue weighted by Gasteiger charge is -2.30. The van der Waals surface area contributed by atoms with Gasteiger partial charge in [0.1, 0.15) is 0 Å². The Morgan fingerprint density at radius 2 is 2.37 bits per heavy atom. The highest BCUT2D eigenvalue weighted by atomic mass is 16.5. The number of amides is 1. The van der Waals surface area contributed by atoms with Gasteiger partial charge in [-0.1, -0.05) is 6.92 Å². The zero-order chi connectivity index (χ0) is 13.5. The first-order valence-electron chi connectivity index (χ1n) is 7.45. The molecule has 2 aliphatic rings. The fourth-order valence-corrected chi connectivity index (χ4v) is 2.62. The van der Waals surface area contributed by atoms with E-state index in [-0.39, 0.29) is 18.1 Å². The van der Waals surface area contributed by atoms with Crippen LogP contribution in [0.15, 0.2) is 0 Å². The number of hydrogen-bond acceptors (Lipinski definition) is 4. The normalized spacial score (nSPS) is 31.3. The molecule has 5 nitrogen and oxygen atoms in total. The van der Waals surface area contributed by atoms with Gasteiger partial charge in [-0.25, -0.2) is 0 Å². The van der Waals surface area contributed by atoms with Gasteiger partial charge in [0.2, 0.25) is 5.91 Å². The van der Waals surface area contributed by atoms with Crippen molar-refractivity contribution >= 4 is 5.91 Å². The largest absolute Gasteiger partial charge is 0.378 e. The summed E-state index contributed by atoms with van der Waals surface area (Å²) in [5.41, 5.74) is 0. The van der Waals surface area contributed by atoms with Crippen LogP contribution in [0.1, 0.15) is 32.6 Å². The second kappa shape index (κ2) is 7.82. The Bertz CT molecular complexity index is 280. The summed E-state index contributed by atoms with van der Waals surface area (Å²) in [6.07, 6.45) is 4.01. The Labute approximate surface area is 115 Å². The molecule has 2 heterocycles. The minimum atomic E-state index is 0.0906. The molecule has 0 spiro atoms. The second-order valence-corrected chi connectivity index (χ2v) is 5.60. The van der Waals surface area contributed by atoms with Gasteiger partial charge in [0.15, 0.2) is 0 Å². The van der Waals surface area contributed by atoms with Crippen molar-refractivity contribution in [3.05, 3.63) is 0 Å². The van der Waals surface area contributed by atoms with Crippen molar-refractivity contribution < 1.29 is 14.3 Å². The number of hydrogen-bond donors (Lipinski definition) is 2. The van der Waals surface area contributed by atoms with Crippen LogP contribution in [-0.4, -0.2) is 51.0 Å². The molecule has 0 radical (unpaired) electrons. The summed E-state index contributed by atoms with van der Waals surface area (Å²) in [5.74, 6) is 0.644. The molecule has 2 rings (SSSR count). The molecule has 0 aromatic rings. The molecule has 0 saturated carbocycles. The Morgan fingerprint density at radius 1 is 1.47 bits per heavy atom. The predicted molar refractivity (Wildman–Crippen MR) is 73.0 cm³/mol. The lowest BCUT2D eigenvalue weighted by Crippen LogP contribution is -2.50. The second-order valence-electron chi connectivity index (χ2n) is 5.60. The lowest BCUT2D eigenvalue weighted by atomic mass is 9.95. The van der Waals surface area contributed by atoms with Crippen LogP contribution in [0.3, 0.4) is 0 Å². The highest BCUT2D eigenvalue weighted by Crippen LogP contribution is 2.12. The van der Waals surface area contributed by atoms with Crippen LogP contribution < -0.4 is 10.6 Å².